The number of fused-ring (bicyclic) bond motifs is 1. The zero-order valence-corrected chi connectivity index (χ0v) is 20.6. The number of non-ortho nitro benzene ring substituents is 1. The molecule has 2 unspecified atom stereocenters. The van der Waals surface area contributed by atoms with Gasteiger partial charge in [-0.2, -0.15) is 0 Å². The van der Waals surface area contributed by atoms with E-state index in [-0.39, 0.29) is 46.1 Å². The van der Waals surface area contributed by atoms with Crippen molar-refractivity contribution in [2.24, 2.45) is 5.16 Å². The van der Waals surface area contributed by atoms with E-state index in [1.165, 1.54) is 55.4 Å². The molecule has 37 heavy (non-hydrogen) atoms. The standard InChI is InChI=1S/C21H18ClN7O7S/c1-35-27-14(17-24-7-6-13(23)25-17)18(30)26-15-19(31)28-16(12(22)9-37-20(15)28)21(32)36-8-10-2-4-11(5-3-10)29(33)34/h2-7,15,20H,8-9H2,1H3,(H,26,30)(H2,23,24,25)/b27-14+. The minimum absolute atomic E-state index is 0.0993. The van der Waals surface area contributed by atoms with Crippen molar-refractivity contribution in [3.63, 3.8) is 0 Å². The van der Waals surface area contributed by atoms with Crippen molar-refractivity contribution in [3.8, 4) is 0 Å². The molecule has 3 N–H and O–H groups in total. The van der Waals surface area contributed by atoms with Gasteiger partial charge in [-0.3, -0.25) is 24.6 Å². The highest BCUT2D eigenvalue weighted by molar-refractivity contribution is 8.00. The molecule has 0 saturated carbocycles. The third-order valence-electron chi connectivity index (χ3n) is 5.21. The van der Waals surface area contributed by atoms with Crippen LogP contribution in [0.3, 0.4) is 0 Å². The highest BCUT2D eigenvalue weighted by atomic mass is 35.5. The Hall–Kier alpha value is -4.24. The fraction of sp³-hybridized carbons (Fsp3) is 0.238. The molecule has 2 aliphatic rings. The van der Waals surface area contributed by atoms with Crippen molar-refractivity contribution in [3.05, 3.63) is 68.8 Å². The minimum atomic E-state index is -0.997. The highest BCUT2D eigenvalue weighted by Crippen LogP contribution is 2.41. The zero-order chi connectivity index (χ0) is 26.7. The molecule has 2 atom stereocenters. The van der Waals surface area contributed by atoms with Crippen LogP contribution in [0.5, 0.6) is 0 Å². The van der Waals surface area contributed by atoms with Crippen LogP contribution in [0.2, 0.25) is 0 Å². The molecule has 2 aromatic rings. The number of hydrogen-bond acceptors (Lipinski definition) is 12. The number of aromatic nitrogens is 2. The lowest BCUT2D eigenvalue weighted by Crippen LogP contribution is -2.71. The van der Waals surface area contributed by atoms with E-state index < -0.39 is 34.1 Å². The van der Waals surface area contributed by atoms with Crippen molar-refractivity contribution in [1.29, 1.82) is 0 Å². The number of nitrogens with zero attached hydrogens (tertiary/aromatic N) is 5. The second kappa shape index (κ2) is 10.8. The number of amides is 2. The Morgan fingerprint density at radius 3 is 2.73 bits per heavy atom. The zero-order valence-electron chi connectivity index (χ0n) is 19.0. The molecule has 2 aliphatic heterocycles. The van der Waals surface area contributed by atoms with E-state index in [1.54, 1.807) is 0 Å². The lowest BCUT2D eigenvalue weighted by molar-refractivity contribution is -0.384. The van der Waals surface area contributed by atoms with E-state index >= 15 is 0 Å². The number of oxime groups is 1. The van der Waals surface area contributed by atoms with Gasteiger partial charge in [0, 0.05) is 24.1 Å². The second-order valence-electron chi connectivity index (χ2n) is 7.54. The van der Waals surface area contributed by atoms with Crippen molar-refractivity contribution in [2.45, 2.75) is 18.0 Å². The summed E-state index contributed by atoms with van der Waals surface area (Å²) >= 11 is 7.50. The summed E-state index contributed by atoms with van der Waals surface area (Å²) in [6.07, 6.45) is 1.34. The van der Waals surface area contributed by atoms with Gasteiger partial charge in [0.1, 0.15) is 36.6 Å². The number of benzene rings is 1. The van der Waals surface area contributed by atoms with Crippen LogP contribution in [-0.4, -0.2) is 67.6 Å². The number of nitro groups is 1. The Bertz CT molecular complexity index is 1330. The molecule has 0 spiro atoms. The predicted molar refractivity (Wildman–Crippen MR) is 131 cm³/mol. The Labute approximate surface area is 218 Å². The molecule has 4 rings (SSSR count). The van der Waals surface area contributed by atoms with Crippen LogP contribution in [0, 0.1) is 10.1 Å². The van der Waals surface area contributed by atoms with Gasteiger partial charge in [0.25, 0.3) is 17.5 Å². The van der Waals surface area contributed by atoms with Crippen LogP contribution in [-0.2, 0) is 30.6 Å². The third-order valence-corrected chi connectivity index (χ3v) is 6.96. The molecule has 0 radical (unpaired) electrons. The summed E-state index contributed by atoms with van der Waals surface area (Å²) in [7, 11) is 1.23. The summed E-state index contributed by atoms with van der Waals surface area (Å²) in [4.78, 5) is 62.6. The maximum atomic E-state index is 12.9. The molecule has 1 saturated heterocycles. The quantitative estimate of drug-likeness (QED) is 0.157. The van der Waals surface area contributed by atoms with Gasteiger partial charge in [-0.05, 0) is 23.8 Å². The molecule has 192 valence electrons. The minimum Gasteiger partial charge on any atom is -0.456 e. The molecule has 1 aromatic heterocycles. The van der Waals surface area contributed by atoms with Crippen LogP contribution in [0.15, 0.2) is 52.4 Å². The number of nitro benzene ring substituents is 1. The average Bonchev–Trinajstić information content (AvgIpc) is 2.88. The largest absolute Gasteiger partial charge is 0.456 e. The van der Waals surface area contributed by atoms with E-state index in [0.29, 0.717) is 5.56 Å². The molecule has 1 fully saturated rings. The molecule has 0 bridgehead atoms. The van der Waals surface area contributed by atoms with E-state index in [2.05, 4.69) is 20.4 Å². The maximum absolute atomic E-state index is 12.9. The number of hydrogen-bond donors (Lipinski definition) is 2. The van der Waals surface area contributed by atoms with Crippen LogP contribution < -0.4 is 11.1 Å². The topological polar surface area (TPSA) is 192 Å². The number of thioether (sulfide) groups is 1. The van der Waals surface area contributed by atoms with Crippen LogP contribution in [0.25, 0.3) is 0 Å². The summed E-state index contributed by atoms with van der Waals surface area (Å²) in [5.74, 6) is -2.02. The fourth-order valence-corrected chi connectivity index (χ4v) is 5.02. The molecule has 2 amide bonds. The molecular weight excluding hydrogens is 530 g/mol. The molecule has 1 aromatic carbocycles. The summed E-state index contributed by atoms with van der Waals surface area (Å²) < 4.78 is 5.29. The first-order chi connectivity index (χ1) is 17.7. The monoisotopic (exact) mass is 547 g/mol. The first-order valence-electron chi connectivity index (χ1n) is 10.5. The number of carbonyl (C=O) groups is 3. The summed E-state index contributed by atoms with van der Waals surface area (Å²) in [5.41, 5.74) is 5.62. The number of anilines is 1. The molecule has 14 nitrogen and oxygen atoms in total. The molecular formula is C21H18ClN7O7S. The smallest absolute Gasteiger partial charge is 0.356 e. The lowest BCUT2D eigenvalue weighted by Gasteiger charge is -2.49. The summed E-state index contributed by atoms with van der Waals surface area (Å²) in [6, 6.07) is 5.89. The van der Waals surface area contributed by atoms with Crippen molar-refractivity contribution >= 4 is 58.4 Å². The Balaban J connectivity index is 1.43. The highest BCUT2D eigenvalue weighted by Gasteiger charge is 2.54. The Morgan fingerprint density at radius 2 is 2.08 bits per heavy atom. The Kier molecular flexibility index (Phi) is 7.54. The van der Waals surface area contributed by atoms with Gasteiger partial charge in [-0.25, -0.2) is 14.8 Å². The van der Waals surface area contributed by atoms with Crippen LogP contribution in [0.1, 0.15) is 11.4 Å². The maximum Gasteiger partial charge on any atom is 0.356 e. The van der Waals surface area contributed by atoms with Crippen molar-refractivity contribution < 1.29 is 28.9 Å². The van der Waals surface area contributed by atoms with Crippen LogP contribution >= 0.6 is 23.4 Å². The normalized spacial score (nSPS) is 19.0. The molecule has 3 heterocycles. The fourth-order valence-electron chi connectivity index (χ4n) is 3.47. The average molecular weight is 548 g/mol. The molecule has 16 heteroatoms. The van der Waals surface area contributed by atoms with Gasteiger partial charge >= 0.3 is 5.97 Å². The SMILES string of the molecule is CO/N=C(/C(=O)NC1C(=O)N2C(C(=O)OCc3ccc([N+](=O)[O-])cc3)=C(Cl)CSC12)c1nccc(N)n1. The summed E-state index contributed by atoms with van der Waals surface area (Å²) in [6.45, 7) is -0.193. The number of nitrogens with one attached hydrogen (secondary N) is 1. The number of nitrogens with two attached hydrogens (primary N) is 1. The van der Waals surface area contributed by atoms with E-state index in [1.807, 2.05) is 0 Å². The van der Waals surface area contributed by atoms with Gasteiger partial charge < -0.3 is 20.6 Å². The van der Waals surface area contributed by atoms with Gasteiger partial charge in [0.2, 0.25) is 5.71 Å². The Morgan fingerprint density at radius 1 is 1.35 bits per heavy atom. The number of carbonyl (C=O) groups excluding carboxylic acids is 3. The van der Waals surface area contributed by atoms with Gasteiger partial charge in [-0.15, -0.1) is 11.8 Å². The van der Waals surface area contributed by atoms with E-state index in [9.17, 15) is 24.5 Å². The first-order valence-corrected chi connectivity index (χ1v) is 11.9. The van der Waals surface area contributed by atoms with E-state index in [4.69, 9.17) is 26.9 Å². The number of β-lactam (4-membered cyclic amide) rings is 1. The summed E-state index contributed by atoms with van der Waals surface area (Å²) in [5, 5.41) is 16.5. The van der Waals surface area contributed by atoms with Crippen LogP contribution in [0.4, 0.5) is 11.5 Å². The lowest BCUT2D eigenvalue weighted by atomic mass is 10.0. The van der Waals surface area contributed by atoms with Crippen molar-refractivity contribution in [1.82, 2.24) is 20.2 Å². The second-order valence-corrected chi connectivity index (χ2v) is 9.10. The number of rotatable bonds is 8. The number of nitrogen functional groups attached to an aromatic ring is 1. The van der Waals surface area contributed by atoms with Crippen molar-refractivity contribution in [2.75, 3.05) is 18.6 Å². The van der Waals surface area contributed by atoms with Gasteiger partial charge in [0.15, 0.2) is 5.82 Å². The third kappa shape index (κ3) is 5.31. The van der Waals surface area contributed by atoms with E-state index in [0.717, 1.165) is 4.90 Å². The first kappa shape index (κ1) is 25.8. The van der Waals surface area contributed by atoms with Gasteiger partial charge in [0.05, 0.1) is 9.96 Å². The van der Waals surface area contributed by atoms with Gasteiger partial charge in [-0.1, -0.05) is 16.8 Å². The number of halogens is 1. The number of ether oxygens (including phenoxy) is 1. The predicted octanol–water partition coefficient (Wildman–Crippen LogP) is 0.911. The molecule has 0 aliphatic carbocycles. The number of esters is 1.